The first-order chi connectivity index (χ1) is 11.6. The molecule has 0 bridgehead atoms. The Hall–Kier alpha value is -2.14. The number of carbonyl (C=O) groups excluding carboxylic acids is 1. The maximum absolute atomic E-state index is 12.9. The maximum Gasteiger partial charge on any atom is 0.255 e. The minimum Gasteiger partial charge on any atom is -0.396 e. The number of likely N-dealkylation sites (tertiary alicyclic amines) is 1. The highest BCUT2D eigenvalue weighted by atomic mass is 16.3. The predicted molar refractivity (Wildman–Crippen MR) is 93.0 cm³/mol. The second-order valence-corrected chi connectivity index (χ2v) is 6.61. The number of aryl methyl sites for hydroxylation is 1. The lowest BCUT2D eigenvalue weighted by molar-refractivity contribution is 0.0650. The number of amides is 1. The molecule has 1 amide bonds. The van der Waals surface area contributed by atoms with Crippen molar-refractivity contribution in [2.75, 3.05) is 19.7 Å². The largest absolute Gasteiger partial charge is 0.396 e. The quantitative estimate of drug-likeness (QED) is 0.938. The van der Waals surface area contributed by atoms with Crippen LogP contribution in [0.5, 0.6) is 0 Å². The number of hydrogen-bond donors (Lipinski definition) is 1. The van der Waals surface area contributed by atoms with Crippen molar-refractivity contribution in [1.82, 2.24) is 14.5 Å². The van der Waals surface area contributed by atoms with E-state index < -0.39 is 0 Å². The van der Waals surface area contributed by atoms with Crippen LogP contribution in [0.3, 0.4) is 0 Å². The molecular formula is C19H25N3O2. The SMILES string of the molecule is Cc1cc(C(=O)N2CCC(CO)CC2)c(C)n1Cc1ccccn1. The van der Waals surface area contributed by atoms with Crippen molar-refractivity contribution in [1.29, 1.82) is 0 Å². The number of aliphatic hydroxyl groups excluding tert-OH is 1. The average Bonchev–Trinajstić information content (AvgIpc) is 2.90. The van der Waals surface area contributed by atoms with Crippen LogP contribution in [0.15, 0.2) is 30.5 Å². The fourth-order valence-corrected chi connectivity index (χ4v) is 3.40. The second-order valence-electron chi connectivity index (χ2n) is 6.61. The Morgan fingerprint density at radius 3 is 2.67 bits per heavy atom. The van der Waals surface area contributed by atoms with E-state index in [2.05, 4.69) is 9.55 Å². The molecule has 3 rings (SSSR count). The Morgan fingerprint density at radius 1 is 1.29 bits per heavy atom. The van der Waals surface area contributed by atoms with Gasteiger partial charge in [-0.05, 0) is 50.8 Å². The molecule has 0 aliphatic carbocycles. The molecule has 0 spiro atoms. The Morgan fingerprint density at radius 2 is 2.04 bits per heavy atom. The molecule has 1 fully saturated rings. The number of pyridine rings is 1. The Kier molecular flexibility index (Phi) is 5.00. The molecule has 0 aromatic carbocycles. The number of aliphatic hydroxyl groups is 1. The van der Waals surface area contributed by atoms with E-state index in [-0.39, 0.29) is 12.5 Å². The minimum absolute atomic E-state index is 0.103. The highest BCUT2D eigenvalue weighted by molar-refractivity contribution is 5.95. The van der Waals surface area contributed by atoms with Gasteiger partial charge in [0.05, 0.1) is 17.8 Å². The van der Waals surface area contributed by atoms with Crippen LogP contribution in [0.1, 0.15) is 40.3 Å². The number of hydrogen-bond acceptors (Lipinski definition) is 3. The van der Waals surface area contributed by atoms with E-state index in [0.29, 0.717) is 12.5 Å². The summed E-state index contributed by atoms with van der Waals surface area (Å²) in [7, 11) is 0. The summed E-state index contributed by atoms with van der Waals surface area (Å²) >= 11 is 0. The third kappa shape index (κ3) is 3.36. The Balaban J connectivity index is 1.77. The van der Waals surface area contributed by atoms with Gasteiger partial charge in [-0.1, -0.05) is 6.07 Å². The van der Waals surface area contributed by atoms with E-state index in [4.69, 9.17) is 0 Å². The smallest absolute Gasteiger partial charge is 0.255 e. The van der Waals surface area contributed by atoms with Gasteiger partial charge in [0.1, 0.15) is 0 Å². The third-order valence-electron chi connectivity index (χ3n) is 5.01. The van der Waals surface area contributed by atoms with Crippen LogP contribution in [0.4, 0.5) is 0 Å². The summed E-state index contributed by atoms with van der Waals surface area (Å²) in [5.74, 6) is 0.442. The molecule has 128 valence electrons. The lowest BCUT2D eigenvalue weighted by Crippen LogP contribution is -2.39. The van der Waals surface area contributed by atoms with Gasteiger partial charge in [0.2, 0.25) is 0 Å². The van der Waals surface area contributed by atoms with E-state index in [1.54, 1.807) is 6.20 Å². The highest BCUT2D eigenvalue weighted by Gasteiger charge is 2.25. The van der Waals surface area contributed by atoms with Gasteiger partial charge < -0.3 is 14.6 Å². The fourth-order valence-electron chi connectivity index (χ4n) is 3.40. The molecule has 0 unspecified atom stereocenters. The molecule has 0 radical (unpaired) electrons. The van der Waals surface area contributed by atoms with Gasteiger partial charge in [0.25, 0.3) is 5.91 Å². The lowest BCUT2D eigenvalue weighted by Gasteiger charge is -2.31. The van der Waals surface area contributed by atoms with Crippen molar-refractivity contribution in [2.45, 2.75) is 33.2 Å². The molecule has 2 aromatic heterocycles. The molecule has 5 nitrogen and oxygen atoms in total. The van der Waals surface area contributed by atoms with Crippen molar-refractivity contribution in [3.63, 3.8) is 0 Å². The van der Waals surface area contributed by atoms with Crippen LogP contribution in [0.2, 0.25) is 0 Å². The van der Waals surface area contributed by atoms with Gasteiger partial charge in [0.15, 0.2) is 0 Å². The van der Waals surface area contributed by atoms with E-state index in [1.807, 2.05) is 43.0 Å². The van der Waals surface area contributed by atoms with Crippen LogP contribution in [-0.2, 0) is 6.54 Å². The van der Waals surface area contributed by atoms with Crippen molar-refractivity contribution in [2.24, 2.45) is 5.92 Å². The molecule has 5 heteroatoms. The fraction of sp³-hybridized carbons (Fsp3) is 0.474. The van der Waals surface area contributed by atoms with Crippen LogP contribution in [0, 0.1) is 19.8 Å². The normalized spacial score (nSPS) is 15.7. The van der Waals surface area contributed by atoms with Gasteiger partial charge in [-0.25, -0.2) is 0 Å². The topological polar surface area (TPSA) is 58.4 Å². The highest BCUT2D eigenvalue weighted by Crippen LogP contribution is 2.22. The Bertz CT molecular complexity index is 701. The summed E-state index contributed by atoms with van der Waals surface area (Å²) in [6.07, 6.45) is 3.56. The predicted octanol–water partition coefficient (Wildman–Crippen LogP) is 2.39. The first-order valence-corrected chi connectivity index (χ1v) is 8.57. The van der Waals surface area contributed by atoms with Crippen LogP contribution in [-0.4, -0.2) is 45.2 Å². The molecule has 0 saturated carbocycles. The number of nitrogens with zero attached hydrogens (tertiary/aromatic N) is 3. The Labute approximate surface area is 142 Å². The zero-order valence-corrected chi connectivity index (χ0v) is 14.4. The standard InChI is InChI=1S/C19H25N3O2/c1-14-11-18(19(24)21-9-6-16(13-23)7-10-21)15(2)22(14)12-17-5-3-4-8-20-17/h3-5,8,11,16,23H,6-7,9-10,12-13H2,1-2H3. The van der Waals surface area contributed by atoms with Crippen LogP contribution < -0.4 is 0 Å². The van der Waals surface area contributed by atoms with Gasteiger partial charge in [-0.3, -0.25) is 9.78 Å². The number of carbonyl (C=O) groups is 1. The molecule has 0 atom stereocenters. The lowest BCUT2D eigenvalue weighted by atomic mass is 9.97. The first-order valence-electron chi connectivity index (χ1n) is 8.57. The van der Waals surface area contributed by atoms with Gasteiger partial charge >= 0.3 is 0 Å². The van der Waals surface area contributed by atoms with Crippen molar-refractivity contribution in [3.05, 3.63) is 53.1 Å². The summed E-state index contributed by atoms with van der Waals surface area (Å²) < 4.78 is 2.15. The second kappa shape index (κ2) is 7.18. The van der Waals surface area contributed by atoms with E-state index in [0.717, 1.165) is 48.6 Å². The van der Waals surface area contributed by atoms with Gasteiger partial charge in [0, 0.05) is 37.3 Å². The molecule has 1 aliphatic rings. The summed E-state index contributed by atoms with van der Waals surface area (Å²) in [5.41, 5.74) is 3.84. The molecule has 24 heavy (non-hydrogen) atoms. The summed E-state index contributed by atoms with van der Waals surface area (Å²) in [4.78, 5) is 19.2. The van der Waals surface area contributed by atoms with Crippen molar-refractivity contribution < 1.29 is 9.90 Å². The third-order valence-corrected chi connectivity index (χ3v) is 5.01. The van der Waals surface area contributed by atoms with Crippen molar-refractivity contribution >= 4 is 5.91 Å². The van der Waals surface area contributed by atoms with Gasteiger partial charge in [-0.2, -0.15) is 0 Å². The number of aromatic nitrogens is 2. The van der Waals surface area contributed by atoms with Gasteiger partial charge in [-0.15, -0.1) is 0 Å². The minimum atomic E-state index is 0.103. The summed E-state index contributed by atoms with van der Waals surface area (Å²) in [6.45, 7) is 6.40. The molecule has 1 aliphatic heterocycles. The zero-order valence-electron chi connectivity index (χ0n) is 14.4. The molecule has 1 N–H and O–H groups in total. The average molecular weight is 327 g/mol. The molecular weight excluding hydrogens is 302 g/mol. The molecule has 2 aromatic rings. The zero-order chi connectivity index (χ0) is 17.1. The maximum atomic E-state index is 12.9. The monoisotopic (exact) mass is 327 g/mol. The van der Waals surface area contributed by atoms with E-state index >= 15 is 0 Å². The first kappa shape index (κ1) is 16.7. The van der Waals surface area contributed by atoms with Crippen LogP contribution in [0.25, 0.3) is 0 Å². The molecule has 3 heterocycles. The van der Waals surface area contributed by atoms with Crippen molar-refractivity contribution in [3.8, 4) is 0 Å². The van der Waals surface area contributed by atoms with E-state index in [9.17, 15) is 9.90 Å². The van der Waals surface area contributed by atoms with Crippen LogP contribution >= 0.6 is 0 Å². The number of rotatable bonds is 4. The van der Waals surface area contributed by atoms with E-state index in [1.165, 1.54) is 0 Å². The molecule has 1 saturated heterocycles. The summed E-state index contributed by atoms with van der Waals surface area (Å²) in [6, 6.07) is 7.87. The number of piperidine rings is 1. The summed E-state index contributed by atoms with van der Waals surface area (Å²) in [5, 5.41) is 9.24.